The molecule has 0 spiro atoms. The van der Waals surface area contributed by atoms with Crippen LogP contribution in [0.25, 0.3) is 10.2 Å². The van der Waals surface area contributed by atoms with Crippen LogP contribution in [0.3, 0.4) is 0 Å². The van der Waals surface area contributed by atoms with E-state index in [-0.39, 0.29) is 11.5 Å². The zero-order chi connectivity index (χ0) is 20.4. The summed E-state index contributed by atoms with van der Waals surface area (Å²) in [5, 5.41) is 3.67. The van der Waals surface area contributed by atoms with E-state index in [0.717, 1.165) is 82.9 Å². The molecule has 1 amide bonds. The van der Waals surface area contributed by atoms with Gasteiger partial charge in [-0.2, -0.15) is 0 Å². The molecule has 0 aliphatic carbocycles. The van der Waals surface area contributed by atoms with Crippen LogP contribution in [0.5, 0.6) is 0 Å². The Bertz CT molecular complexity index is 943. The summed E-state index contributed by atoms with van der Waals surface area (Å²) < 4.78 is 1.80. The van der Waals surface area contributed by atoms with Crippen LogP contribution in [0.4, 0.5) is 0 Å². The van der Waals surface area contributed by atoms with E-state index in [2.05, 4.69) is 22.0 Å². The number of nitrogens with zero attached hydrogens (tertiary/aromatic N) is 4. The largest absolute Gasteiger partial charge is 0.351 e. The smallest absolute Gasteiger partial charge is 0.262 e. The first-order valence-corrected chi connectivity index (χ1v) is 11.7. The van der Waals surface area contributed by atoms with Crippen molar-refractivity contribution in [1.29, 1.82) is 0 Å². The summed E-state index contributed by atoms with van der Waals surface area (Å²) in [5.41, 5.74) is 0.792. The molecule has 0 atom stereocenters. The highest BCUT2D eigenvalue weighted by Crippen LogP contribution is 2.28. The number of likely N-dealkylation sites (N-methyl/N-ethyl adjacent to an activating group) is 1. The molecule has 0 unspecified atom stereocenters. The molecule has 1 fully saturated rings. The van der Waals surface area contributed by atoms with Crippen LogP contribution < -0.4 is 10.9 Å². The van der Waals surface area contributed by atoms with Crippen LogP contribution in [0.1, 0.15) is 47.2 Å². The molecule has 2 aliphatic heterocycles. The number of nitrogens with one attached hydrogen (secondary N) is 1. The number of aromatic nitrogens is 2. The number of carbonyl (C=O) groups excluding carboxylic acids is 1. The zero-order valence-corrected chi connectivity index (χ0v) is 18.3. The van der Waals surface area contributed by atoms with Gasteiger partial charge in [-0.05, 0) is 44.8 Å². The first-order valence-electron chi connectivity index (χ1n) is 10.8. The standard InChI is InChI=1S/C21H31N5O2S/c1-3-24-11-13-25(14-12-24)9-6-8-22-19(27)18-15(2)17-20(29-18)23-16-7-4-5-10-26(16)21(17)28/h3-14H2,1-2H3,(H,22,27). The van der Waals surface area contributed by atoms with Gasteiger partial charge in [0.2, 0.25) is 0 Å². The fourth-order valence-corrected chi connectivity index (χ4v) is 5.47. The van der Waals surface area contributed by atoms with E-state index in [4.69, 9.17) is 4.98 Å². The number of aryl methyl sites for hydroxylation is 2. The topological polar surface area (TPSA) is 70.5 Å². The quantitative estimate of drug-likeness (QED) is 0.727. The summed E-state index contributed by atoms with van der Waals surface area (Å²) in [6.07, 6.45) is 3.88. The van der Waals surface area contributed by atoms with Crippen molar-refractivity contribution >= 4 is 27.5 Å². The van der Waals surface area contributed by atoms with E-state index < -0.39 is 0 Å². The molecule has 8 heteroatoms. The second-order valence-corrected chi connectivity index (χ2v) is 9.06. The second-order valence-electron chi connectivity index (χ2n) is 8.06. The van der Waals surface area contributed by atoms with Crippen LogP contribution in [0.2, 0.25) is 0 Å². The van der Waals surface area contributed by atoms with Crippen LogP contribution in [-0.2, 0) is 13.0 Å². The molecule has 2 aromatic heterocycles. The van der Waals surface area contributed by atoms with E-state index >= 15 is 0 Å². The molecule has 2 aliphatic rings. The van der Waals surface area contributed by atoms with Gasteiger partial charge in [0.25, 0.3) is 11.5 Å². The number of hydrogen-bond acceptors (Lipinski definition) is 6. The summed E-state index contributed by atoms with van der Waals surface area (Å²) in [4.78, 5) is 36.6. The van der Waals surface area contributed by atoms with Gasteiger partial charge in [0.05, 0.1) is 10.3 Å². The van der Waals surface area contributed by atoms with Gasteiger partial charge < -0.3 is 15.1 Å². The molecule has 1 N–H and O–H groups in total. The predicted molar refractivity (Wildman–Crippen MR) is 117 cm³/mol. The van der Waals surface area contributed by atoms with Crippen LogP contribution in [-0.4, -0.2) is 71.1 Å². The second kappa shape index (κ2) is 8.93. The van der Waals surface area contributed by atoms with Crippen molar-refractivity contribution in [2.45, 2.75) is 46.1 Å². The van der Waals surface area contributed by atoms with Gasteiger partial charge in [-0.3, -0.25) is 14.2 Å². The number of fused-ring (bicyclic) bond motifs is 2. The Morgan fingerprint density at radius 3 is 2.66 bits per heavy atom. The minimum absolute atomic E-state index is 0.0173. The fourth-order valence-electron chi connectivity index (χ4n) is 4.36. The molecule has 0 aromatic carbocycles. The Morgan fingerprint density at radius 1 is 1.14 bits per heavy atom. The average Bonchev–Trinajstić information content (AvgIpc) is 3.08. The van der Waals surface area contributed by atoms with Crippen molar-refractivity contribution in [3.63, 3.8) is 0 Å². The number of thiophene rings is 1. The number of carbonyl (C=O) groups is 1. The lowest BCUT2D eigenvalue weighted by atomic mass is 10.1. The fraction of sp³-hybridized carbons (Fsp3) is 0.667. The first kappa shape index (κ1) is 20.5. The van der Waals surface area contributed by atoms with Gasteiger partial charge in [-0.15, -0.1) is 11.3 Å². The Hall–Kier alpha value is -1.77. The summed E-state index contributed by atoms with van der Waals surface area (Å²) in [5.74, 6) is 0.786. The van der Waals surface area contributed by atoms with Crippen molar-refractivity contribution in [3.05, 3.63) is 26.6 Å². The van der Waals surface area contributed by atoms with E-state index in [1.54, 1.807) is 4.57 Å². The van der Waals surface area contributed by atoms with Gasteiger partial charge in [0.15, 0.2) is 0 Å². The molecule has 0 radical (unpaired) electrons. The SMILES string of the molecule is CCN1CCN(CCCNC(=O)c2sc3nc4n(c(=O)c3c2C)CCCC4)CC1. The van der Waals surface area contributed by atoms with Gasteiger partial charge in [0.1, 0.15) is 10.7 Å². The third-order valence-electron chi connectivity index (χ3n) is 6.22. The van der Waals surface area contributed by atoms with Crippen molar-refractivity contribution in [2.75, 3.05) is 45.8 Å². The van der Waals surface area contributed by atoms with E-state index in [1.807, 2.05) is 6.92 Å². The van der Waals surface area contributed by atoms with E-state index in [1.165, 1.54) is 11.3 Å². The van der Waals surface area contributed by atoms with Gasteiger partial charge >= 0.3 is 0 Å². The average molecular weight is 418 g/mol. The maximum atomic E-state index is 12.9. The minimum Gasteiger partial charge on any atom is -0.351 e. The van der Waals surface area contributed by atoms with Crippen molar-refractivity contribution in [1.82, 2.24) is 24.7 Å². The summed E-state index contributed by atoms with van der Waals surface area (Å²) in [7, 11) is 0. The molecule has 4 rings (SSSR count). The Kier molecular flexibility index (Phi) is 6.32. The van der Waals surface area contributed by atoms with Crippen LogP contribution >= 0.6 is 11.3 Å². The molecule has 1 saturated heterocycles. The Morgan fingerprint density at radius 2 is 1.90 bits per heavy atom. The number of amides is 1. The highest BCUT2D eigenvalue weighted by atomic mass is 32.1. The molecule has 29 heavy (non-hydrogen) atoms. The maximum absolute atomic E-state index is 12.9. The molecule has 7 nitrogen and oxygen atoms in total. The number of piperazine rings is 1. The predicted octanol–water partition coefficient (Wildman–Crippen LogP) is 1.86. The van der Waals surface area contributed by atoms with Crippen LogP contribution in [0.15, 0.2) is 4.79 Å². The summed E-state index contributed by atoms with van der Waals surface area (Å²) in [6.45, 7) is 12.1. The minimum atomic E-state index is -0.0799. The summed E-state index contributed by atoms with van der Waals surface area (Å²) >= 11 is 1.36. The molecule has 158 valence electrons. The van der Waals surface area contributed by atoms with E-state index in [0.29, 0.717) is 21.6 Å². The molecular formula is C21H31N5O2S. The van der Waals surface area contributed by atoms with E-state index in [9.17, 15) is 9.59 Å². The highest BCUT2D eigenvalue weighted by molar-refractivity contribution is 7.20. The maximum Gasteiger partial charge on any atom is 0.262 e. The molecule has 2 aromatic rings. The van der Waals surface area contributed by atoms with Gasteiger partial charge in [-0.1, -0.05) is 6.92 Å². The lowest BCUT2D eigenvalue weighted by Gasteiger charge is -2.33. The Labute approximate surface area is 175 Å². The molecular weight excluding hydrogens is 386 g/mol. The highest BCUT2D eigenvalue weighted by Gasteiger charge is 2.22. The molecule has 0 saturated carbocycles. The number of rotatable bonds is 6. The van der Waals surface area contributed by atoms with Gasteiger partial charge in [-0.25, -0.2) is 4.98 Å². The third kappa shape index (κ3) is 4.25. The zero-order valence-electron chi connectivity index (χ0n) is 17.5. The van der Waals surface area contributed by atoms with Gasteiger partial charge in [0, 0.05) is 45.7 Å². The summed E-state index contributed by atoms with van der Waals surface area (Å²) in [6, 6.07) is 0. The first-order chi connectivity index (χ1) is 14.1. The third-order valence-corrected chi connectivity index (χ3v) is 7.40. The van der Waals surface area contributed by atoms with Crippen molar-refractivity contribution in [3.8, 4) is 0 Å². The lowest BCUT2D eigenvalue weighted by Crippen LogP contribution is -2.46. The molecule has 0 bridgehead atoms. The number of hydrogen-bond donors (Lipinski definition) is 1. The van der Waals surface area contributed by atoms with Crippen LogP contribution in [0, 0.1) is 6.92 Å². The molecule has 4 heterocycles. The monoisotopic (exact) mass is 417 g/mol. The Balaban J connectivity index is 1.37. The lowest BCUT2D eigenvalue weighted by molar-refractivity contribution is 0.0952. The van der Waals surface area contributed by atoms with Crippen molar-refractivity contribution < 1.29 is 4.79 Å². The van der Waals surface area contributed by atoms with Crippen molar-refractivity contribution in [2.24, 2.45) is 0 Å². The normalized spacial score (nSPS) is 18.1.